The normalized spacial score (nSPS) is 30.9. The van der Waals surface area contributed by atoms with Crippen LogP contribution in [0.4, 0.5) is 0 Å². The fraction of sp³-hybridized carbons (Fsp3) is 0.727. The molecule has 0 spiro atoms. The minimum atomic E-state index is 0.218. The SMILES string of the molecule is O=C(CC1C=CCC1)N[C@@H]1CCNC1. The quantitative estimate of drug-likeness (QED) is 0.653. The van der Waals surface area contributed by atoms with Crippen LogP contribution in [0.15, 0.2) is 12.2 Å². The summed E-state index contributed by atoms with van der Waals surface area (Å²) in [6.07, 6.45) is 8.39. The van der Waals surface area contributed by atoms with Crippen molar-refractivity contribution in [2.75, 3.05) is 13.1 Å². The van der Waals surface area contributed by atoms with E-state index in [0.717, 1.165) is 32.4 Å². The van der Waals surface area contributed by atoms with Gasteiger partial charge in [-0.25, -0.2) is 0 Å². The Balaban J connectivity index is 1.69. The average Bonchev–Trinajstić information content (AvgIpc) is 2.76. The predicted octanol–water partition coefficient (Wildman–Crippen LogP) is 0.821. The summed E-state index contributed by atoms with van der Waals surface area (Å²) in [5.74, 6) is 0.708. The van der Waals surface area contributed by atoms with Gasteiger partial charge in [-0.15, -0.1) is 0 Å². The van der Waals surface area contributed by atoms with Crippen molar-refractivity contribution in [1.82, 2.24) is 10.6 Å². The van der Waals surface area contributed by atoms with Gasteiger partial charge in [0.05, 0.1) is 0 Å². The number of hydrogen-bond acceptors (Lipinski definition) is 2. The first-order chi connectivity index (χ1) is 6.84. The van der Waals surface area contributed by atoms with E-state index in [1.54, 1.807) is 0 Å². The Kier molecular flexibility index (Phi) is 3.19. The number of allylic oxidation sites excluding steroid dienone is 2. The Labute approximate surface area is 84.9 Å². The van der Waals surface area contributed by atoms with Crippen LogP contribution in [0.2, 0.25) is 0 Å². The van der Waals surface area contributed by atoms with Crippen LogP contribution in [0.1, 0.15) is 25.7 Å². The molecule has 1 amide bonds. The van der Waals surface area contributed by atoms with Gasteiger partial charge in [-0.05, 0) is 31.7 Å². The van der Waals surface area contributed by atoms with Crippen LogP contribution in [-0.2, 0) is 4.79 Å². The first-order valence-corrected chi connectivity index (χ1v) is 5.51. The summed E-state index contributed by atoms with van der Waals surface area (Å²) in [6.45, 7) is 1.97. The average molecular weight is 194 g/mol. The van der Waals surface area contributed by atoms with E-state index in [-0.39, 0.29) is 5.91 Å². The van der Waals surface area contributed by atoms with E-state index in [2.05, 4.69) is 22.8 Å². The van der Waals surface area contributed by atoms with Crippen molar-refractivity contribution in [3.63, 3.8) is 0 Å². The molecule has 0 aromatic heterocycles. The molecule has 0 bridgehead atoms. The third kappa shape index (κ3) is 2.58. The first kappa shape index (κ1) is 9.71. The molecular weight excluding hydrogens is 176 g/mol. The lowest BCUT2D eigenvalue weighted by molar-refractivity contribution is -0.122. The molecule has 1 aliphatic carbocycles. The van der Waals surface area contributed by atoms with Crippen molar-refractivity contribution in [2.45, 2.75) is 31.7 Å². The number of hydrogen-bond donors (Lipinski definition) is 2. The van der Waals surface area contributed by atoms with Crippen LogP contribution in [0.25, 0.3) is 0 Å². The molecule has 1 unspecified atom stereocenters. The third-order valence-electron chi connectivity index (χ3n) is 2.99. The summed E-state index contributed by atoms with van der Waals surface area (Å²) in [7, 11) is 0. The molecule has 1 fully saturated rings. The maximum atomic E-state index is 11.6. The standard InChI is InChI=1S/C11H18N2O/c14-11(7-9-3-1-2-4-9)13-10-5-6-12-8-10/h1,3,9-10,12H,2,4-8H2,(H,13,14)/t9?,10-/m1/s1. The number of carbonyl (C=O) groups excluding carboxylic acids is 1. The second kappa shape index (κ2) is 4.60. The van der Waals surface area contributed by atoms with Gasteiger partial charge in [-0.2, -0.15) is 0 Å². The smallest absolute Gasteiger partial charge is 0.220 e. The summed E-state index contributed by atoms with van der Waals surface area (Å²) in [4.78, 5) is 11.6. The molecule has 78 valence electrons. The maximum Gasteiger partial charge on any atom is 0.220 e. The minimum absolute atomic E-state index is 0.218. The van der Waals surface area contributed by atoms with Crippen molar-refractivity contribution in [3.8, 4) is 0 Å². The molecule has 0 aromatic rings. The number of amides is 1. The largest absolute Gasteiger partial charge is 0.352 e. The Hall–Kier alpha value is -0.830. The van der Waals surface area contributed by atoms with Crippen LogP contribution in [0.5, 0.6) is 0 Å². The summed E-state index contributed by atoms with van der Waals surface area (Å²) in [6, 6.07) is 0.368. The molecule has 0 aromatic carbocycles. The maximum absolute atomic E-state index is 11.6. The third-order valence-corrected chi connectivity index (χ3v) is 2.99. The lowest BCUT2D eigenvalue weighted by Crippen LogP contribution is -2.36. The first-order valence-electron chi connectivity index (χ1n) is 5.51. The lowest BCUT2D eigenvalue weighted by Gasteiger charge is -2.13. The molecule has 3 nitrogen and oxygen atoms in total. The van der Waals surface area contributed by atoms with Crippen LogP contribution in [-0.4, -0.2) is 25.0 Å². The fourth-order valence-corrected chi connectivity index (χ4v) is 2.17. The van der Waals surface area contributed by atoms with E-state index in [1.165, 1.54) is 0 Å². The monoisotopic (exact) mass is 194 g/mol. The number of carbonyl (C=O) groups is 1. The van der Waals surface area contributed by atoms with E-state index in [9.17, 15) is 4.79 Å². The second-order valence-electron chi connectivity index (χ2n) is 4.23. The Morgan fingerprint density at radius 1 is 1.50 bits per heavy atom. The van der Waals surface area contributed by atoms with Gasteiger partial charge in [-0.1, -0.05) is 12.2 Å². The molecule has 2 rings (SSSR count). The molecule has 2 N–H and O–H groups in total. The molecule has 2 aliphatic rings. The highest BCUT2D eigenvalue weighted by Gasteiger charge is 2.19. The highest BCUT2D eigenvalue weighted by atomic mass is 16.1. The van der Waals surface area contributed by atoms with Gasteiger partial charge in [0.1, 0.15) is 0 Å². The molecular formula is C11H18N2O. The summed E-state index contributed by atoms with van der Waals surface area (Å²) >= 11 is 0. The van der Waals surface area contributed by atoms with Gasteiger partial charge in [0.2, 0.25) is 5.91 Å². The topological polar surface area (TPSA) is 41.1 Å². The lowest BCUT2D eigenvalue weighted by atomic mass is 10.0. The molecule has 14 heavy (non-hydrogen) atoms. The van der Waals surface area contributed by atoms with Crippen LogP contribution in [0, 0.1) is 5.92 Å². The summed E-state index contributed by atoms with van der Waals surface area (Å²) in [5.41, 5.74) is 0. The van der Waals surface area contributed by atoms with Gasteiger partial charge in [0.15, 0.2) is 0 Å². The van der Waals surface area contributed by atoms with Crippen molar-refractivity contribution in [2.24, 2.45) is 5.92 Å². The summed E-state index contributed by atoms with van der Waals surface area (Å²) in [5, 5.41) is 6.31. The van der Waals surface area contributed by atoms with E-state index in [0.29, 0.717) is 18.4 Å². The fourth-order valence-electron chi connectivity index (χ4n) is 2.17. The van der Waals surface area contributed by atoms with Crippen molar-refractivity contribution < 1.29 is 4.79 Å². The van der Waals surface area contributed by atoms with Crippen molar-refractivity contribution in [1.29, 1.82) is 0 Å². The Bertz CT molecular complexity index is 231. The molecule has 3 heteroatoms. The van der Waals surface area contributed by atoms with E-state index in [1.807, 2.05) is 0 Å². The van der Waals surface area contributed by atoms with E-state index >= 15 is 0 Å². The van der Waals surface area contributed by atoms with E-state index in [4.69, 9.17) is 0 Å². The minimum Gasteiger partial charge on any atom is -0.352 e. The van der Waals surface area contributed by atoms with Crippen molar-refractivity contribution in [3.05, 3.63) is 12.2 Å². The van der Waals surface area contributed by atoms with Gasteiger partial charge in [0.25, 0.3) is 0 Å². The molecule has 1 aliphatic heterocycles. The van der Waals surface area contributed by atoms with Crippen molar-refractivity contribution >= 4 is 5.91 Å². The zero-order valence-corrected chi connectivity index (χ0v) is 8.46. The van der Waals surface area contributed by atoms with Gasteiger partial charge >= 0.3 is 0 Å². The molecule has 0 radical (unpaired) electrons. The highest BCUT2D eigenvalue weighted by Crippen LogP contribution is 2.20. The molecule has 1 saturated heterocycles. The molecule has 0 saturated carbocycles. The Morgan fingerprint density at radius 3 is 3.07 bits per heavy atom. The van der Waals surface area contributed by atoms with Gasteiger partial charge in [-0.3, -0.25) is 4.79 Å². The number of rotatable bonds is 3. The second-order valence-corrected chi connectivity index (χ2v) is 4.23. The van der Waals surface area contributed by atoms with Gasteiger partial charge < -0.3 is 10.6 Å². The zero-order valence-electron chi connectivity index (χ0n) is 8.46. The number of nitrogens with one attached hydrogen (secondary N) is 2. The van der Waals surface area contributed by atoms with Crippen LogP contribution >= 0.6 is 0 Å². The summed E-state index contributed by atoms with van der Waals surface area (Å²) < 4.78 is 0. The Morgan fingerprint density at radius 2 is 2.43 bits per heavy atom. The molecule has 1 heterocycles. The van der Waals surface area contributed by atoms with Crippen LogP contribution < -0.4 is 10.6 Å². The van der Waals surface area contributed by atoms with Gasteiger partial charge in [0, 0.05) is 19.0 Å². The highest BCUT2D eigenvalue weighted by molar-refractivity contribution is 5.76. The predicted molar refractivity (Wildman–Crippen MR) is 55.9 cm³/mol. The van der Waals surface area contributed by atoms with E-state index < -0.39 is 0 Å². The molecule has 2 atom stereocenters. The zero-order chi connectivity index (χ0) is 9.80. The van der Waals surface area contributed by atoms with Crippen LogP contribution in [0.3, 0.4) is 0 Å².